The molecule has 1 heterocycles. The Bertz CT molecular complexity index is 1900. The van der Waals surface area contributed by atoms with Gasteiger partial charge in [-0.3, -0.25) is 24.2 Å². The fraction of sp³-hybridized carbons (Fsp3) is 0.455. The first-order valence-corrected chi connectivity index (χ1v) is 15.1. The summed E-state index contributed by atoms with van der Waals surface area (Å²) in [5, 5.41) is 66.9. The molecule has 1 saturated heterocycles. The average Bonchev–Trinajstić information content (AvgIpc) is 3.02. The van der Waals surface area contributed by atoms with Crippen LogP contribution in [0.1, 0.15) is 81.8 Å². The number of aryl methyl sites for hydroxylation is 1. The topological polar surface area (TPSA) is 256 Å². The number of ketones is 4. The van der Waals surface area contributed by atoms with Crippen LogP contribution in [0.5, 0.6) is 11.5 Å². The highest BCUT2D eigenvalue weighted by atomic mass is 16.6. The average molecular weight is 684 g/mol. The van der Waals surface area contributed by atoms with Gasteiger partial charge in [0.25, 0.3) is 0 Å². The Morgan fingerprint density at radius 2 is 1.61 bits per heavy atom. The van der Waals surface area contributed by atoms with Gasteiger partial charge in [0.15, 0.2) is 23.2 Å². The number of benzene rings is 2. The number of phenolic OH excluding ortho intramolecular Hbond substituents is 1. The molecule has 1 aliphatic heterocycles. The fourth-order valence-corrected chi connectivity index (χ4v) is 7.81. The van der Waals surface area contributed by atoms with Crippen LogP contribution in [0.4, 0.5) is 0 Å². The van der Waals surface area contributed by atoms with E-state index >= 15 is 0 Å². The second-order valence-electron chi connectivity index (χ2n) is 12.5. The van der Waals surface area contributed by atoms with Crippen molar-refractivity contribution in [3.63, 3.8) is 0 Å². The molecule has 8 atom stereocenters. The van der Waals surface area contributed by atoms with Crippen molar-refractivity contribution in [2.45, 2.75) is 74.6 Å². The lowest BCUT2D eigenvalue weighted by Gasteiger charge is -2.52. The maximum atomic E-state index is 14.5. The number of nitrogens with zero attached hydrogens (tertiary/aromatic N) is 1. The van der Waals surface area contributed by atoms with Gasteiger partial charge in [-0.05, 0) is 31.0 Å². The number of ether oxygens (including phenoxy) is 4. The van der Waals surface area contributed by atoms with E-state index in [0.717, 1.165) is 13.2 Å². The molecule has 260 valence electrons. The van der Waals surface area contributed by atoms with Gasteiger partial charge in [0.2, 0.25) is 17.3 Å². The number of aliphatic hydroxyl groups is 3. The van der Waals surface area contributed by atoms with Crippen LogP contribution in [-0.2, 0) is 31.0 Å². The van der Waals surface area contributed by atoms with Crippen LogP contribution in [0.15, 0.2) is 17.1 Å². The predicted octanol–water partition coefficient (Wildman–Crippen LogP) is 0.0192. The molecule has 49 heavy (non-hydrogen) atoms. The number of aliphatic hydroxyl groups excluding tert-OH is 2. The highest BCUT2D eigenvalue weighted by molar-refractivity contribution is 6.53. The van der Waals surface area contributed by atoms with Crippen LogP contribution in [0.25, 0.3) is 0 Å². The molecule has 1 fully saturated rings. The first-order valence-electron chi connectivity index (χ1n) is 15.1. The number of aliphatic imine (C=N–C) groups is 1. The summed E-state index contributed by atoms with van der Waals surface area (Å²) in [6.45, 7) is 2.94. The van der Waals surface area contributed by atoms with Crippen LogP contribution in [0.3, 0.4) is 0 Å². The van der Waals surface area contributed by atoms with Crippen molar-refractivity contribution >= 4 is 34.8 Å². The maximum absolute atomic E-state index is 14.5. The molecule has 0 saturated carbocycles. The first kappa shape index (κ1) is 34.4. The van der Waals surface area contributed by atoms with E-state index in [1.165, 1.54) is 27.2 Å². The van der Waals surface area contributed by atoms with E-state index in [0.29, 0.717) is 0 Å². The lowest BCUT2D eigenvalue weighted by molar-refractivity contribution is -0.228. The van der Waals surface area contributed by atoms with Crippen LogP contribution < -0.4 is 0 Å². The number of hydrogen-bond acceptors (Lipinski definition) is 15. The number of aromatic carboxylic acids is 1. The summed E-state index contributed by atoms with van der Waals surface area (Å²) in [5.74, 6) is -8.43. The zero-order valence-electron chi connectivity index (χ0n) is 26.8. The Morgan fingerprint density at radius 3 is 2.20 bits per heavy atom. The van der Waals surface area contributed by atoms with Crippen molar-refractivity contribution in [1.29, 1.82) is 0 Å². The largest absolute Gasteiger partial charge is 0.507 e. The van der Waals surface area contributed by atoms with Crippen molar-refractivity contribution in [3.8, 4) is 11.5 Å². The van der Waals surface area contributed by atoms with Gasteiger partial charge in [-0.25, -0.2) is 4.79 Å². The highest BCUT2D eigenvalue weighted by Crippen LogP contribution is 2.56. The first-order chi connectivity index (χ1) is 23.0. The lowest BCUT2D eigenvalue weighted by Crippen LogP contribution is -2.73. The zero-order valence-corrected chi connectivity index (χ0v) is 26.8. The van der Waals surface area contributed by atoms with E-state index < -0.39 is 140 Å². The molecule has 0 radical (unpaired) electrons. The molecular weight excluding hydrogens is 650 g/mol. The number of hydrogen-bond donors (Lipinski definition) is 6. The lowest BCUT2D eigenvalue weighted by atomic mass is 9.56. The van der Waals surface area contributed by atoms with Gasteiger partial charge >= 0.3 is 5.97 Å². The molecule has 3 unspecified atom stereocenters. The summed E-state index contributed by atoms with van der Waals surface area (Å²) in [4.78, 5) is 72.6. The minimum absolute atomic E-state index is 0.0272. The molecular formula is C33H33NO15. The van der Waals surface area contributed by atoms with Gasteiger partial charge < -0.3 is 49.6 Å². The number of phenols is 2. The molecule has 4 aliphatic rings. The number of carboxylic acids is 1. The Hall–Kier alpha value is -4.42. The zero-order chi connectivity index (χ0) is 36.1. The van der Waals surface area contributed by atoms with E-state index in [4.69, 9.17) is 18.9 Å². The third-order valence-electron chi connectivity index (χ3n) is 10.0. The minimum Gasteiger partial charge on any atom is -0.507 e. The van der Waals surface area contributed by atoms with Crippen molar-refractivity contribution in [2.24, 2.45) is 4.99 Å². The number of Topliss-reactive ketones (excluding diaryl/α,β-unsaturated/α-hetero) is 4. The number of aromatic hydroxyl groups is 2. The van der Waals surface area contributed by atoms with E-state index in [2.05, 4.69) is 4.99 Å². The summed E-state index contributed by atoms with van der Waals surface area (Å²) >= 11 is 0. The molecule has 0 bridgehead atoms. The van der Waals surface area contributed by atoms with Gasteiger partial charge in [-0.15, -0.1) is 0 Å². The highest BCUT2D eigenvalue weighted by Gasteiger charge is 2.72. The van der Waals surface area contributed by atoms with E-state index in [9.17, 15) is 54.6 Å². The van der Waals surface area contributed by atoms with E-state index in [1.807, 2.05) is 0 Å². The molecule has 6 rings (SSSR count). The Morgan fingerprint density at radius 1 is 0.959 bits per heavy atom. The number of carbonyl (C=O) groups excluding carboxylic acids is 4. The molecule has 16 nitrogen and oxygen atoms in total. The van der Waals surface area contributed by atoms with E-state index in [1.54, 1.807) is 6.92 Å². The van der Waals surface area contributed by atoms with Crippen LogP contribution in [0, 0.1) is 6.92 Å². The number of fused-ring (bicyclic) bond motifs is 5. The molecule has 2 aromatic rings. The van der Waals surface area contributed by atoms with Crippen LogP contribution >= 0.6 is 0 Å². The SMILES string of the molecule is CO[C@@H]1[C@@H](O)[C@@H](OC)[C@@H](N=C2CC(=O)c3c(cc4c(c3O)C(=O)C3(OC)C(O)Cc5cc(C)c(C(=O)O)c(O)c5C3(O)C4=O)C2=O)O[C@H]1C. The standard InChI is InChI=1S/C33H33NO15/c1-10-6-12-7-17(36)33(48-5)29(42)20-14(28(41)32(33,45)21(12)24(39)18(10)31(43)44)8-13-19(23(20)38)16(35)9-15(22(13)37)34-30-27(47-4)25(40)26(46-3)11(2)49-30/h6,8,11,17,25-27,30,36,38-40,45H,7,9H2,1-5H3,(H,43,44)/t11-,17?,25+,26-,27+,30-,32?,33?/m0/s1. The van der Waals surface area contributed by atoms with Crippen molar-refractivity contribution in [3.05, 3.63) is 56.6 Å². The van der Waals surface area contributed by atoms with Gasteiger partial charge in [-0.2, -0.15) is 0 Å². The molecule has 6 N–H and O–H groups in total. The van der Waals surface area contributed by atoms with E-state index in [-0.39, 0.29) is 11.1 Å². The summed E-state index contributed by atoms with van der Waals surface area (Å²) in [5.41, 5.74) is -10.8. The predicted molar refractivity (Wildman–Crippen MR) is 163 cm³/mol. The number of rotatable bonds is 5. The minimum atomic E-state index is -3.29. The van der Waals surface area contributed by atoms with Crippen LogP contribution in [-0.4, -0.2) is 129 Å². The smallest absolute Gasteiger partial charge is 0.339 e. The molecule has 3 aliphatic carbocycles. The third kappa shape index (κ3) is 4.35. The van der Waals surface area contributed by atoms with Gasteiger partial charge in [-0.1, -0.05) is 6.07 Å². The van der Waals surface area contributed by atoms with Gasteiger partial charge in [0.1, 0.15) is 35.4 Å². The summed E-state index contributed by atoms with van der Waals surface area (Å²) in [7, 11) is 3.52. The third-order valence-corrected chi connectivity index (χ3v) is 10.0. The maximum Gasteiger partial charge on any atom is 0.339 e. The molecule has 0 aromatic heterocycles. The number of carboxylic acid groups (broad SMARTS) is 1. The second kappa shape index (κ2) is 11.6. The Kier molecular flexibility index (Phi) is 8.14. The summed E-state index contributed by atoms with van der Waals surface area (Å²) < 4.78 is 21.9. The quantitative estimate of drug-likeness (QED) is 0.243. The normalized spacial score (nSPS) is 33.2. The second-order valence-corrected chi connectivity index (χ2v) is 12.5. The Balaban J connectivity index is 1.55. The fourth-order valence-electron chi connectivity index (χ4n) is 7.81. The number of methoxy groups -OCH3 is 3. The Labute approximate surface area is 277 Å². The molecule has 0 amide bonds. The van der Waals surface area contributed by atoms with Crippen LogP contribution in [0.2, 0.25) is 0 Å². The molecule has 0 spiro atoms. The monoisotopic (exact) mass is 683 g/mol. The molecule has 16 heteroatoms. The van der Waals surface area contributed by atoms with Gasteiger partial charge in [0.05, 0.1) is 35.5 Å². The van der Waals surface area contributed by atoms with Crippen molar-refractivity contribution < 1.29 is 73.6 Å². The summed E-state index contributed by atoms with van der Waals surface area (Å²) in [6, 6.07) is 2.05. The number of carbonyl (C=O) groups is 5. The van der Waals surface area contributed by atoms with Gasteiger partial charge in [0, 0.05) is 44.4 Å². The van der Waals surface area contributed by atoms with Crippen molar-refractivity contribution in [1.82, 2.24) is 0 Å². The summed E-state index contributed by atoms with van der Waals surface area (Å²) in [6.07, 6.45) is -8.36. The molecule has 2 aromatic carbocycles. The van der Waals surface area contributed by atoms with Crippen molar-refractivity contribution in [2.75, 3.05) is 21.3 Å².